The summed E-state index contributed by atoms with van der Waals surface area (Å²) in [6.07, 6.45) is 5.84. The first-order valence-corrected chi connectivity index (χ1v) is 25.5. The van der Waals surface area contributed by atoms with Crippen LogP contribution < -0.4 is 9.46 Å². The highest BCUT2D eigenvalue weighted by molar-refractivity contribution is 7.89. The van der Waals surface area contributed by atoms with Crippen molar-refractivity contribution in [3.63, 3.8) is 0 Å². The van der Waals surface area contributed by atoms with Gasteiger partial charge in [0.15, 0.2) is 5.78 Å². The van der Waals surface area contributed by atoms with Gasteiger partial charge in [0.1, 0.15) is 11.5 Å². The lowest BCUT2D eigenvalue weighted by atomic mass is 9.83. The molecule has 1 N–H and O–H groups in total. The number of carbonyl (C=O) groups is 5. The van der Waals surface area contributed by atoms with Gasteiger partial charge in [0.2, 0.25) is 27.7 Å². The normalized spacial score (nSPS) is 18.3. The molecule has 0 aliphatic carbocycles. The first-order valence-electron chi connectivity index (χ1n) is 23.6. The number of rotatable bonds is 30. The van der Waals surface area contributed by atoms with Crippen LogP contribution in [0.4, 0.5) is 0 Å². The number of nitrogens with one attached hydrogen (secondary N) is 1. The fourth-order valence-electron chi connectivity index (χ4n) is 9.48. The Kier molecular flexibility index (Phi) is 24.2. The molecule has 64 heavy (non-hydrogen) atoms. The molecular formula is C49H84N4O10S. The summed E-state index contributed by atoms with van der Waals surface area (Å²) in [6, 6.07) is 6.04. The quantitative estimate of drug-likeness (QED) is 0.0829. The third kappa shape index (κ3) is 17.1. The van der Waals surface area contributed by atoms with Crippen molar-refractivity contribution in [2.24, 2.45) is 35.5 Å². The molecule has 15 heteroatoms. The number of Topliss-reactive ketones (excluding diaryl/α,β-unsaturated/α-hetero) is 2. The van der Waals surface area contributed by atoms with Crippen LogP contribution in [-0.4, -0.2) is 138 Å². The molecule has 0 spiro atoms. The van der Waals surface area contributed by atoms with Gasteiger partial charge < -0.3 is 24.0 Å². The van der Waals surface area contributed by atoms with Gasteiger partial charge in [-0.05, 0) is 75.2 Å². The Balaban J connectivity index is 2.30. The monoisotopic (exact) mass is 921 g/mol. The molecule has 1 aliphatic rings. The third-order valence-corrected chi connectivity index (χ3v) is 13.8. The summed E-state index contributed by atoms with van der Waals surface area (Å²) in [4.78, 5) is 75.3. The van der Waals surface area contributed by atoms with Crippen molar-refractivity contribution in [1.29, 1.82) is 0 Å². The van der Waals surface area contributed by atoms with E-state index in [2.05, 4.69) is 11.6 Å². The largest absolute Gasteiger partial charge is 0.494 e. The number of ketones is 2. The SMILES string of the molecule is CCCCCCOc1ccc(C[C@H](CC(=O)[C@H](C)[C@@H](OC)[C@@H]2CCCN2C(=O)C[C@@H](OC)[C@H]([C@@H](C)CC)N(C)C(=O)[C@@H](CC(=O)[C@H](C(C)C)N(C)C)C(C)C)C(=O)NS(C)(=O)=O)cc1. The lowest BCUT2D eigenvalue weighted by molar-refractivity contribution is -0.149. The fraction of sp³-hybridized carbons (Fsp3) is 0.776. The highest BCUT2D eigenvalue weighted by Crippen LogP contribution is 2.32. The number of likely N-dealkylation sites (tertiary alicyclic amines) is 1. The highest BCUT2D eigenvalue weighted by Gasteiger charge is 2.43. The summed E-state index contributed by atoms with van der Waals surface area (Å²) >= 11 is 0. The molecule has 0 unspecified atom stereocenters. The van der Waals surface area contributed by atoms with Crippen molar-refractivity contribution < 1.29 is 46.6 Å². The molecule has 1 aromatic carbocycles. The topological polar surface area (TPSA) is 169 Å². The predicted molar refractivity (Wildman–Crippen MR) is 252 cm³/mol. The molecule has 9 atom stereocenters. The lowest BCUT2D eigenvalue weighted by Crippen LogP contribution is -2.54. The van der Waals surface area contributed by atoms with Gasteiger partial charge in [-0.1, -0.05) is 93.2 Å². The summed E-state index contributed by atoms with van der Waals surface area (Å²) in [5, 5.41) is 0. The minimum Gasteiger partial charge on any atom is -0.494 e. The second-order valence-electron chi connectivity index (χ2n) is 19.1. The molecule has 3 amide bonds. The van der Waals surface area contributed by atoms with E-state index in [-0.39, 0.29) is 72.9 Å². The Morgan fingerprint density at radius 3 is 2.00 bits per heavy atom. The second kappa shape index (κ2) is 27.3. The van der Waals surface area contributed by atoms with Crippen LogP contribution in [0, 0.1) is 35.5 Å². The number of benzene rings is 1. The summed E-state index contributed by atoms with van der Waals surface area (Å²) < 4.78 is 44.3. The van der Waals surface area contributed by atoms with Gasteiger partial charge in [0.05, 0.1) is 49.6 Å². The summed E-state index contributed by atoms with van der Waals surface area (Å²) in [7, 11) is 4.67. The maximum Gasteiger partial charge on any atom is 0.237 e. The van der Waals surface area contributed by atoms with E-state index in [9.17, 15) is 32.4 Å². The van der Waals surface area contributed by atoms with E-state index in [0.29, 0.717) is 31.7 Å². The van der Waals surface area contributed by atoms with Gasteiger partial charge in [0.25, 0.3) is 0 Å². The molecule has 1 aliphatic heterocycles. The maximum atomic E-state index is 14.4. The maximum absolute atomic E-state index is 14.4. The molecule has 0 radical (unpaired) electrons. The molecule has 0 bridgehead atoms. The molecule has 1 saturated heterocycles. The first kappa shape index (κ1) is 56.7. The number of carbonyl (C=O) groups excluding carboxylic acids is 5. The number of likely N-dealkylation sites (N-methyl/N-ethyl adjacent to an activating group) is 2. The number of sulfonamides is 1. The van der Waals surface area contributed by atoms with Gasteiger partial charge in [-0.25, -0.2) is 8.42 Å². The zero-order valence-electron chi connectivity index (χ0n) is 41.7. The molecule has 1 aromatic rings. The van der Waals surface area contributed by atoms with E-state index in [1.807, 2.05) is 84.8 Å². The number of hydrogen-bond donors (Lipinski definition) is 1. The smallest absolute Gasteiger partial charge is 0.237 e. The number of methoxy groups -OCH3 is 2. The zero-order chi connectivity index (χ0) is 48.5. The van der Waals surface area contributed by atoms with Crippen LogP contribution in [0.5, 0.6) is 5.75 Å². The summed E-state index contributed by atoms with van der Waals surface area (Å²) in [6.45, 7) is 16.9. The standard InChI is InChI=1S/C49H84N4O10S/c1-15-17-18-19-27-63-38-24-22-36(23-25-38)28-37(48(57)50-64(14,59)60)29-41(54)35(8)47(62-13)40-21-20-26-53(40)44(56)31-43(61-12)46(34(7)16-2)52(11)49(58)39(32(3)4)30-42(55)45(33(5)6)51(9)10/h22-25,32-35,37,39-40,43,45-47H,15-21,26-31H2,1-14H3,(H,50,57)/t34-,35-,37+,39-,40-,43+,45-,46-,47+/m0/s1. The van der Waals surface area contributed by atoms with E-state index >= 15 is 0 Å². The third-order valence-electron chi connectivity index (χ3n) is 13.2. The van der Waals surface area contributed by atoms with Crippen molar-refractivity contribution in [3.05, 3.63) is 29.8 Å². The van der Waals surface area contributed by atoms with Crippen LogP contribution >= 0.6 is 0 Å². The Bertz CT molecular complexity index is 1730. The Morgan fingerprint density at radius 2 is 1.48 bits per heavy atom. The van der Waals surface area contributed by atoms with E-state index < -0.39 is 58.0 Å². The molecule has 0 saturated carbocycles. The van der Waals surface area contributed by atoms with Crippen molar-refractivity contribution in [2.75, 3.05) is 54.8 Å². The van der Waals surface area contributed by atoms with Crippen molar-refractivity contribution in [2.45, 2.75) is 156 Å². The molecule has 2 rings (SSSR count). The molecule has 14 nitrogen and oxygen atoms in total. The van der Waals surface area contributed by atoms with Gasteiger partial charge >= 0.3 is 0 Å². The lowest BCUT2D eigenvalue weighted by Gasteiger charge is -2.41. The van der Waals surface area contributed by atoms with Crippen LogP contribution in [0.15, 0.2) is 24.3 Å². The average molecular weight is 921 g/mol. The van der Waals surface area contributed by atoms with Crippen LogP contribution in [0.3, 0.4) is 0 Å². The minimum atomic E-state index is -3.90. The van der Waals surface area contributed by atoms with E-state index in [1.54, 1.807) is 30.9 Å². The van der Waals surface area contributed by atoms with Gasteiger partial charge in [-0.2, -0.15) is 0 Å². The summed E-state index contributed by atoms with van der Waals surface area (Å²) in [5.41, 5.74) is 0.747. The number of hydrogen-bond acceptors (Lipinski definition) is 11. The van der Waals surface area contributed by atoms with E-state index in [0.717, 1.165) is 43.9 Å². The van der Waals surface area contributed by atoms with Crippen LogP contribution in [0.2, 0.25) is 0 Å². The molecular weight excluding hydrogens is 837 g/mol. The van der Waals surface area contributed by atoms with Gasteiger partial charge in [-0.15, -0.1) is 0 Å². The predicted octanol–water partition coefficient (Wildman–Crippen LogP) is 6.58. The van der Waals surface area contributed by atoms with Crippen LogP contribution in [0.25, 0.3) is 0 Å². The molecule has 0 aromatic heterocycles. The van der Waals surface area contributed by atoms with Crippen molar-refractivity contribution >= 4 is 39.3 Å². The van der Waals surface area contributed by atoms with Crippen LogP contribution in [0.1, 0.15) is 125 Å². The second-order valence-corrected chi connectivity index (χ2v) is 20.9. The number of ether oxygens (including phenoxy) is 3. The number of nitrogens with zero attached hydrogens (tertiary/aromatic N) is 3. The Morgan fingerprint density at radius 1 is 0.844 bits per heavy atom. The van der Waals surface area contributed by atoms with Crippen LogP contribution in [-0.2, 0) is 49.9 Å². The number of amides is 3. The average Bonchev–Trinajstić information content (AvgIpc) is 3.71. The molecule has 1 fully saturated rings. The zero-order valence-corrected chi connectivity index (χ0v) is 42.5. The first-order chi connectivity index (χ1) is 30.0. The Labute approximate surface area is 386 Å². The van der Waals surface area contributed by atoms with E-state index in [1.165, 1.54) is 7.11 Å². The molecule has 1 heterocycles. The van der Waals surface area contributed by atoms with Crippen molar-refractivity contribution in [1.82, 2.24) is 19.4 Å². The number of unbranched alkanes of at least 4 members (excludes halogenated alkanes) is 3. The Hall–Kier alpha value is -3.40. The van der Waals surface area contributed by atoms with Gasteiger partial charge in [-0.3, -0.25) is 33.6 Å². The summed E-state index contributed by atoms with van der Waals surface area (Å²) in [5.74, 6) is -3.03. The minimum absolute atomic E-state index is 0.0177. The van der Waals surface area contributed by atoms with E-state index in [4.69, 9.17) is 14.2 Å². The molecule has 366 valence electrons. The van der Waals surface area contributed by atoms with Gasteiger partial charge in [0, 0.05) is 58.4 Å². The highest BCUT2D eigenvalue weighted by atomic mass is 32.2. The van der Waals surface area contributed by atoms with Crippen molar-refractivity contribution in [3.8, 4) is 5.75 Å². The fourth-order valence-corrected chi connectivity index (χ4v) is 10.0.